The molecule has 0 aromatic heterocycles. The Balaban J connectivity index is 1.44. The lowest BCUT2D eigenvalue weighted by Crippen LogP contribution is -2.63. The molecule has 1 aromatic carbocycles. The summed E-state index contributed by atoms with van der Waals surface area (Å²) in [7, 11) is 2.98. The van der Waals surface area contributed by atoms with Crippen LogP contribution in [0, 0.1) is 23.7 Å². The van der Waals surface area contributed by atoms with Gasteiger partial charge in [-0.25, -0.2) is 0 Å². The Hall–Kier alpha value is -3.42. The molecule has 262 valence electrons. The van der Waals surface area contributed by atoms with Crippen LogP contribution >= 0.6 is 0 Å². The summed E-state index contributed by atoms with van der Waals surface area (Å²) in [5.74, 6) is -8.07. The second-order valence-electron chi connectivity index (χ2n) is 14.7. The summed E-state index contributed by atoms with van der Waals surface area (Å²) in [5, 5.41) is 45.4. The summed E-state index contributed by atoms with van der Waals surface area (Å²) in [4.78, 5) is 43.2. The number of aliphatic hydroxyl groups excluding tert-OH is 2. The number of phenolic OH excluding ortho intramolecular Hbond substituents is 1. The first kappa shape index (κ1) is 34.4. The molecule has 6 rings (SSSR count). The first-order valence-electron chi connectivity index (χ1n) is 16.9. The van der Waals surface area contributed by atoms with Gasteiger partial charge in [0.05, 0.1) is 17.2 Å². The number of benzene rings is 1. The monoisotopic (exact) mass is 675 g/mol. The van der Waals surface area contributed by atoms with Gasteiger partial charge in [0, 0.05) is 31.1 Å². The van der Waals surface area contributed by atoms with Crippen molar-refractivity contribution < 1.29 is 48.0 Å². The van der Waals surface area contributed by atoms with E-state index < -0.39 is 98.7 Å². The van der Waals surface area contributed by atoms with Gasteiger partial charge in [0.1, 0.15) is 22.8 Å². The number of allylic oxidation sites excluding steroid dienone is 1. The Bertz CT molecular complexity index is 1590. The standard InChI is InChI=1S/C35H44F3N3O7/c1-40(2)28-22-12-19-11-21-25(29(43)24(19)31(45)34(22,48)32(46)26(30(28)44)33(39)47)23(42)13-20(27(21)35(36,37)38)16-41(15-18-9-10-18)14-17-7-5-3-4-6-8-17/h13,17-19,22,28,42,44-45,48H,3-12,14-16H2,1-2H3,(H2,39,47)/t19-,22-,28-,34-/m0/s1. The number of hydrogen-bond acceptors (Lipinski definition) is 9. The van der Waals surface area contributed by atoms with Crippen molar-refractivity contribution in [3.63, 3.8) is 0 Å². The zero-order valence-electron chi connectivity index (χ0n) is 27.3. The van der Waals surface area contributed by atoms with E-state index in [0.29, 0.717) is 24.9 Å². The molecular formula is C35H44F3N3O7. The first-order chi connectivity index (χ1) is 22.5. The smallest absolute Gasteiger partial charge is 0.417 e. The molecule has 1 aromatic rings. The van der Waals surface area contributed by atoms with Crippen LogP contribution in [0.4, 0.5) is 13.2 Å². The third-order valence-corrected chi connectivity index (χ3v) is 11.2. The van der Waals surface area contributed by atoms with Crippen molar-refractivity contribution in [3.8, 4) is 5.75 Å². The summed E-state index contributed by atoms with van der Waals surface area (Å²) in [6.45, 7) is 1.25. The molecule has 10 nitrogen and oxygen atoms in total. The summed E-state index contributed by atoms with van der Waals surface area (Å²) in [6, 6.07) is -0.248. The van der Waals surface area contributed by atoms with E-state index >= 15 is 13.2 Å². The predicted molar refractivity (Wildman–Crippen MR) is 168 cm³/mol. The number of amides is 1. The third-order valence-electron chi connectivity index (χ3n) is 11.2. The number of rotatable bonds is 8. The van der Waals surface area contributed by atoms with Crippen molar-refractivity contribution in [2.45, 2.75) is 88.6 Å². The molecule has 5 aliphatic carbocycles. The van der Waals surface area contributed by atoms with Crippen molar-refractivity contribution in [1.29, 1.82) is 0 Å². The van der Waals surface area contributed by atoms with Crippen LogP contribution in [0.1, 0.15) is 84.8 Å². The summed E-state index contributed by atoms with van der Waals surface area (Å²) in [6.07, 6.45) is 2.98. The van der Waals surface area contributed by atoms with Gasteiger partial charge in [0.15, 0.2) is 11.4 Å². The van der Waals surface area contributed by atoms with Gasteiger partial charge in [-0.05, 0) is 87.6 Å². The lowest BCUT2D eigenvalue weighted by molar-refractivity contribution is -0.148. The zero-order chi connectivity index (χ0) is 34.9. The number of hydrogen-bond donors (Lipinski definition) is 5. The number of primary amides is 1. The highest BCUT2D eigenvalue weighted by molar-refractivity contribution is 6.24. The molecule has 13 heteroatoms. The Morgan fingerprint density at radius 1 is 1.00 bits per heavy atom. The molecule has 0 radical (unpaired) electrons. The van der Waals surface area contributed by atoms with Gasteiger partial charge in [-0.3, -0.25) is 24.2 Å². The van der Waals surface area contributed by atoms with E-state index in [9.17, 15) is 34.8 Å². The summed E-state index contributed by atoms with van der Waals surface area (Å²) < 4.78 is 45.3. The molecule has 0 unspecified atom stereocenters. The van der Waals surface area contributed by atoms with Crippen LogP contribution in [0.3, 0.4) is 0 Å². The van der Waals surface area contributed by atoms with Crippen LogP contribution in [0.2, 0.25) is 0 Å². The number of Topliss-reactive ketones (excluding diaryl/α,β-unsaturated/α-hetero) is 2. The quantitative estimate of drug-likeness (QED) is 0.199. The number of nitrogens with zero attached hydrogens (tertiary/aromatic N) is 2. The van der Waals surface area contributed by atoms with E-state index in [1.54, 1.807) is 0 Å². The number of halogens is 3. The number of aliphatic hydroxyl groups is 3. The fourth-order valence-corrected chi connectivity index (χ4v) is 8.89. The number of alkyl halides is 3. The predicted octanol–water partition coefficient (Wildman–Crippen LogP) is 4.32. The number of aromatic hydroxyl groups is 1. The third kappa shape index (κ3) is 5.81. The van der Waals surface area contributed by atoms with Crippen LogP contribution in [-0.2, 0) is 28.7 Å². The van der Waals surface area contributed by atoms with E-state index in [-0.39, 0.29) is 18.5 Å². The minimum Gasteiger partial charge on any atom is -0.510 e. The molecule has 6 N–H and O–H groups in total. The van der Waals surface area contributed by atoms with E-state index in [4.69, 9.17) is 5.73 Å². The van der Waals surface area contributed by atoms with Gasteiger partial charge in [0.2, 0.25) is 5.78 Å². The number of carbonyl (C=O) groups excluding carboxylic acids is 3. The Labute approximate surface area is 277 Å². The molecule has 0 spiro atoms. The highest BCUT2D eigenvalue weighted by atomic mass is 19.4. The number of fused-ring (bicyclic) bond motifs is 3. The van der Waals surface area contributed by atoms with Crippen molar-refractivity contribution in [3.05, 3.63) is 51.0 Å². The molecule has 1 amide bonds. The molecule has 0 bridgehead atoms. The normalized spacial score (nSPS) is 28.5. The number of phenols is 1. The van der Waals surface area contributed by atoms with E-state index in [1.807, 2.05) is 0 Å². The second-order valence-corrected chi connectivity index (χ2v) is 14.7. The fraction of sp³-hybridized carbons (Fsp3) is 0.629. The van der Waals surface area contributed by atoms with E-state index in [0.717, 1.165) is 57.4 Å². The maximum Gasteiger partial charge on any atom is 0.417 e. The number of carbonyl (C=O) groups is 3. The van der Waals surface area contributed by atoms with Gasteiger partial charge in [-0.15, -0.1) is 0 Å². The molecule has 0 saturated heterocycles. The van der Waals surface area contributed by atoms with Gasteiger partial charge in [0.25, 0.3) is 5.91 Å². The molecule has 0 aliphatic heterocycles. The summed E-state index contributed by atoms with van der Waals surface area (Å²) >= 11 is 0. The average molecular weight is 676 g/mol. The number of ketones is 2. The Morgan fingerprint density at radius 2 is 1.60 bits per heavy atom. The highest BCUT2D eigenvalue weighted by Gasteiger charge is 2.63. The molecule has 2 saturated carbocycles. The van der Waals surface area contributed by atoms with E-state index in [2.05, 4.69) is 4.90 Å². The van der Waals surface area contributed by atoms with Crippen LogP contribution in [-0.4, -0.2) is 86.5 Å². The zero-order valence-corrected chi connectivity index (χ0v) is 27.3. The van der Waals surface area contributed by atoms with Crippen LogP contribution in [0.25, 0.3) is 0 Å². The lowest BCUT2D eigenvalue weighted by Gasteiger charge is -2.50. The first-order valence-corrected chi connectivity index (χ1v) is 16.9. The lowest BCUT2D eigenvalue weighted by atomic mass is 9.58. The van der Waals surface area contributed by atoms with Gasteiger partial charge < -0.3 is 26.2 Å². The maximum absolute atomic E-state index is 15.1. The van der Waals surface area contributed by atoms with Gasteiger partial charge in [-0.2, -0.15) is 13.2 Å². The molecule has 5 aliphatic rings. The summed E-state index contributed by atoms with van der Waals surface area (Å²) in [5.41, 5.74) is -1.10. The molecule has 0 heterocycles. The minimum atomic E-state index is -4.88. The van der Waals surface area contributed by atoms with Gasteiger partial charge >= 0.3 is 6.18 Å². The second kappa shape index (κ2) is 12.5. The fourth-order valence-electron chi connectivity index (χ4n) is 8.89. The van der Waals surface area contributed by atoms with Crippen LogP contribution in [0.15, 0.2) is 28.7 Å². The number of nitrogens with two attached hydrogens (primary N) is 1. The van der Waals surface area contributed by atoms with Crippen molar-refractivity contribution in [2.75, 3.05) is 27.2 Å². The minimum absolute atomic E-state index is 0.0520. The Kier molecular flexibility index (Phi) is 8.95. The largest absolute Gasteiger partial charge is 0.510 e. The molecular weight excluding hydrogens is 631 g/mol. The maximum atomic E-state index is 15.1. The van der Waals surface area contributed by atoms with E-state index in [1.165, 1.54) is 19.0 Å². The molecule has 2 fully saturated rings. The van der Waals surface area contributed by atoms with Crippen LogP contribution < -0.4 is 5.73 Å². The number of likely N-dealkylation sites (N-methyl/N-ethyl adjacent to an activating group) is 1. The topological polar surface area (TPSA) is 165 Å². The molecule has 4 atom stereocenters. The van der Waals surface area contributed by atoms with Crippen molar-refractivity contribution in [1.82, 2.24) is 9.80 Å². The average Bonchev–Trinajstić information content (AvgIpc) is 3.82. The highest BCUT2D eigenvalue weighted by Crippen LogP contribution is 2.54. The van der Waals surface area contributed by atoms with Gasteiger partial charge in [-0.1, -0.05) is 25.7 Å². The molecule has 48 heavy (non-hydrogen) atoms. The van der Waals surface area contributed by atoms with Crippen molar-refractivity contribution in [2.24, 2.45) is 29.4 Å². The Morgan fingerprint density at radius 3 is 2.15 bits per heavy atom. The SMILES string of the molecule is CN(C)[C@@H]1C(O)=C(C(N)=O)C(=O)[C@@]2(O)C(O)=C3C(=O)c4c(O)cc(CN(CC5CCCCCC5)CC5CC5)c(C(F)(F)F)c4C[C@H]3C[C@@H]12. The van der Waals surface area contributed by atoms with Crippen molar-refractivity contribution >= 4 is 17.5 Å². The van der Waals surface area contributed by atoms with Crippen LogP contribution in [0.5, 0.6) is 5.75 Å².